The van der Waals surface area contributed by atoms with E-state index in [0.29, 0.717) is 29.8 Å². The molecule has 0 bridgehead atoms. The van der Waals surface area contributed by atoms with Crippen molar-refractivity contribution >= 4 is 22.7 Å². The SMILES string of the molecule is N#C[C@@H]1CC(F)(F)CN1C(=O)CNC(=O)c1ccnc2ccc(-c3ccc(OCCN)cc3)cc12. The van der Waals surface area contributed by atoms with Crippen LogP contribution in [0, 0.1) is 11.3 Å². The van der Waals surface area contributed by atoms with Crippen molar-refractivity contribution in [3.63, 3.8) is 0 Å². The Hall–Kier alpha value is -4.10. The molecule has 8 nitrogen and oxygen atoms in total. The summed E-state index contributed by atoms with van der Waals surface area (Å²) in [5.41, 5.74) is 8.07. The number of hydrogen-bond acceptors (Lipinski definition) is 6. The molecule has 0 aliphatic carbocycles. The van der Waals surface area contributed by atoms with Gasteiger partial charge < -0.3 is 20.7 Å². The van der Waals surface area contributed by atoms with Crippen LogP contribution in [0.15, 0.2) is 54.7 Å². The molecule has 0 radical (unpaired) electrons. The van der Waals surface area contributed by atoms with Crippen molar-refractivity contribution in [2.45, 2.75) is 18.4 Å². The van der Waals surface area contributed by atoms with Gasteiger partial charge in [-0.25, -0.2) is 8.78 Å². The predicted molar refractivity (Wildman–Crippen MR) is 125 cm³/mol. The first-order valence-corrected chi connectivity index (χ1v) is 11.0. The number of rotatable bonds is 7. The normalized spacial score (nSPS) is 16.6. The molecule has 1 fully saturated rings. The molecule has 2 amide bonds. The summed E-state index contributed by atoms with van der Waals surface area (Å²) in [5.74, 6) is -3.71. The number of halogens is 2. The molecule has 1 aliphatic heterocycles. The maximum Gasteiger partial charge on any atom is 0.268 e. The number of carbonyl (C=O) groups excluding carboxylic acids is 2. The van der Waals surface area contributed by atoms with Crippen LogP contribution in [0.1, 0.15) is 16.8 Å². The molecule has 180 valence electrons. The van der Waals surface area contributed by atoms with E-state index in [0.717, 1.165) is 16.0 Å². The van der Waals surface area contributed by atoms with Crippen molar-refractivity contribution in [1.29, 1.82) is 5.26 Å². The Morgan fingerprint density at radius 3 is 2.66 bits per heavy atom. The zero-order valence-corrected chi connectivity index (χ0v) is 18.7. The van der Waals surface area contributed by atoms with E-state index in [1.807, 2.05) is 36.4 Å². The standard InChI is InChI=1S/C25H23F2N5O3/c26-25(27)12-18(13-29)32(15-25)23(33)14-31-24(34)20-7-9-30-22-6-3-17(11-21(20)22)16-1-4-19(5-2-16)35-10-8-28/h1-7,9,11,18H,8,10,12,14-15,28H2,(H,31,34)/t18-/m0/s1. The average Bonchev–Trinajstić information content (AvgIpc) is 3.20. The maximum absolute atomic E-state index is 13.6. The topological polar surface area (TPSA) is 121 Å². The van der Waals surface area contributed by atoms with E-state index in [4.69, 9.17) is 15.7 Å². The molecule has 1 aliphatic rings. The quantitative estimate of drug-likeness (QED) is 0.538. The largest absolute Gasteiger partial charge is 0.492 e. The Morgan fingerprint density at radius 1 is 1.20 bits per heavy atom. The molecule has 1 saturated heterocycles. The van der Waals surface area contributed by atoms with Crippen molar-refractivity contribution in [2.75, 3.05) is 26.2 Å². The minimum atomic E-state index is -3.12. The van der Waals surface area contributed by atoms with Crippen molar-refractivity contribution in [3.05, 3.63) is 60.3 Å². The van der Waals surface area contributed by atoms with E-state index < -0.39 is 43.3 Å². The van der Waals surface area contributed by atoms with Gasteiger partial charge in [0.25, 0.3) is 11.8 Å². The van der Waals surface area contributed by atoms with Crippen LogP contribution >= 0.6 is 0 Å². The van der Waals surface area contributed by atoms with Gasteiger partial charge in [0.1, 0.15) is 18.4 Å². The molecule has 1 aromatic heterocycles. The number of hydrogen-bond donors (Lipinski definition) is 2. The van der Waals surface area contributed by atoms with Crippen LogP contribution in [0.3, 0.4) is 0 Å². The fraction of sp³-hybridized carbons (Fsp3) is 0.280. The molecule has 0 unspecified atom stereocenters. The minimum Gasteiger partial charge on any atom is -0.492 e. The summed E-state index contributed by atoms with van der Waals surface area (Å²) in [7, 11) is 0. The number of ether oxygens (including phenoxy) is 1. The first-order chi connectivity index (χ1) is 16.8. The zero-order valence-electron chi connectivity index (χ0n) is 18.7. The van der Waals surface area contributed by atoms with Crippen molar-refractivity contribution in [1.82, 2.24) is 15.2 Å². The lowest BCUT2D eigenvalue weighted by Crippen LogP contribution is -2.43. The van der Waals surface area contributed by atoms with Crippen LogP contribution in [0.4, 0.5) is 8.78 Å². The maximum atomic E-state index is 13.6. The molecular formula is C25H23F2N5O3. The number of alkyl halides is 2. The zero-order chi connectivity index (χ0) is 25.0. The minimum absolute atomic E-state index is 0.288. The van der Waals surface area contributed by atoms with Crippen LogP contribution in [0.25, 0.3) is 22.0 Å². The summed E-state index contributed by atoms with van der Waals surface area (Å²) in [6.45, 7) is -0.503. The highest BCUT2D eigenvalue weighted by atomic mass is 19.3. The second-order valence-corrected chi connectivity index (χ2v) is 8.16. The molecule has 10 heteroatoms. The number of nitrogens with zero attached hydrogens (tertiary/aromatic N) is 3. The summed E-state index contributed by atoms with van der Waals surface area (Å²) < 4.78 is 32.8. The number of fused-ring (bicyclic) bond motifs is 1. The fourth-order valence-corrected chi connectivity index (χ4v) is 3.99. The summed E-state index contributed by atoms with van der Waals surface area (Å²) in [6.07, 6.45) is 0.774. The Bertz CT molecular complexity index is 1290. The molecule has 1 atom stereocenters. The van der Waals surface area contributed by atoms with Gasteiger partial charge in [-0.3, -0.25) is 14.6 Å². The molecule has 3 aromatic rings. The summed E-state index contributed by atoms with van der Waals surface area (Å²) in [6, 6.07) is 14.9. The van der Waals surface area contributed by atoms with Crippen molar-refractivity contribution in [3.8, 4) is 22.9 Å². The van der Waals surface area contributed by atoms with Crippen LogP contribution in [-0.4, -0.2) is 59.9 Å². The number of benzene rings is 2. The molecule has 4 rings (SSSR count). The van der Waals surface area contributed by atoms with E-state index in [9.17, 15) is 18.4 Å². The van der Waals surface area contributed by atoms with Crippen LogP contribution in [0.5, 0.6) is 5.75 Å². The van der Waals surface area contributed by atoms with Crippen molar-refractivity contribution < 1.29 is 23.1 Å². The summed E-state index contributed by atoms with van der Waals surface area (Å²) in [4.78, 5) is 30.4. The molecule has 0 saturated carbocycles. The smallest absolute Gasteiger partial charge is 0.268 e. The van der Waals surface area contributed by atoms with Gasteiger partial charge in [0, 0.05) is 24.5 Å². The summed E-state index contributed by atoms with van der Waals surface area (Å²) >= 11 is 0. The number of likely N-dealkylation sites (tertiary alicyclic amines) is 1. The lowest BCUT2D eigenvalue weighted by atomic mass is 10.0. The van der Waals surface area contributed by atoms with E-state index in [1.165, 1.54) is 12.3 Å². The van der Waals surface area contributed by atoms with Gasteiger partial charge >= 0.3 is 0 Å². The molecule has 3 N–H and O–H groups in total. The molecule has 2 aromatic carbocycles. The predicted octanol–water partition coefficient (Wildman–Crippen LogP) is 2.73. The number of aromatic nitrogens is 1. The number of nitrogens with two attached hydrogens (primary N) is 1. The monoisotopic (exact) mass is 479 g/mol. The Kier molecular flexibility index (Phi) is 6.89. The van der Waals surface area contributed by atoms with Gasteiger partial charge in [0.05, 0.1) is 30.2 Å². The molecule has 2 heterocycles. The van der Waals surface area contributed by atoms with E-state index >= 15 is 0 Å². The lowest BCUT2D eigenvalue weighted by molar-refractivity contribution is -0.131. The number of pyridine rings is 1. The highest BCUT2D eigenvalue weighted by Crippen LogP contribution is 2.31. The van der Waals surface area contributed by atoms with Gasteiger partial charge in [-0.05, 0) is 41.5 Å². The number of nitriles is 1. The van der Waals surface area contributed by atoms with E-state index in [1.54, 1.807) is 12.1 Å². The fourth-order valence-electron chi connectivity index (χ4n) is 3.99. The third-order valence-electron chi connectivity index (χ3n) is 5.70. The van der Waals surface area contributed by atoms with Gasteiger partial charge in [-0.1, -0.05) is 18.2 Å². The van der Waals surface area contributed by atoms with Gasteiger partial charge in [-0.15, -0.1) is 0 Å². The highest BCUT2D eigenvalue weighted by molar-refractivity contribution is 6.07. The first-order valence-electron chi connectivity index (χ1n) is 11.0. The number of amides is 2. The Labute approximate surface area is 200 Å². The molecule has 35 heavy (non-hydrogen) atoms. The number of carbonyl (C=O) groups is 2. The summed E-state index contributed by atoms with van der Waals surface area (Å²) in [5, 5.41) is 12.1. The van der Waals surface area contributed by atoms with Gasteiger partial charge in [-0.2, -0.15) is 5.26 Å². The second-order valence-electron chi connectivity index (χ2n) is 8.16. The molecule has 0 spiro atoms. The Balaban J connectivity index is 1.51. The lowest BCUT2D eigenvalue weighted by Gasteiger charge is -2.19. The Morgan fingerprint density at radius 2 is 1.94 bits per heavy atom. The highest BCUT2D eigenvalue weighted by Gasteiger charge is 2.47. The van der Waals surface area contributed by atoms with Gasteiger partial charge in [0.2, 0.25) is 5.91 Å². The van der Waals surface area contributed by atoms with Crippen LogP contribution < -0.4 is 15.8 Å². The number of nitrogens with one attached hydrogen (secondary N) is 1. The third-order valence-corrected chi connectivity index (χ3v) is 5.70. The second kappa shape index (κ2) is 10.0. The first kappa shape index (κ1) is 24.0. The molecular weight excluding hydrogens is 456 g/mol. The van der Waals surface area contributed by atoms with Crippen LogP contribution in [-0.2, 0) is 4.79 Å². The van der Waals surface area contributed by atoms with E-state index in [2.05, 4.69) is 10.3 Å². The van der Waals surface area contributed by atoms with E-state index in [-0.39, 0.29) is 5.56 Å². The van der Waals surface area contributed by atoms with Crippen LogP contribution in [0.2, 0.25) is 0 Å². The average molecular weight is 479 g/mol. The van der Waals surface area contributed by atoms with Gasteiger partial charge in [0.15, 0.2) is 0 Å². The third kappa shape index (κ3) is 5.36. The van der Waals surface area contributed by atoms with Crippen molar-refractivity contribution in [2.24, 2.45) is 5.73 Å².